The maximum atomic E-state index is 12.2. The summed E-state index contributed by atoms with van der Waals surface area (Å²) >= 11 is 8.65. The topological polar surface area (TPSA) is 26.3 Å². The maximum Gasteiger partial charge on any atom is 0.387 e. The van der Waals surface area contributed by atoms with Gasteiger partial charge in [-0.1, -0.05) is 22.0 Å². The number of benzene rings is 1. The van der Waals surface area contributed by atoms with Gasteiger partial charge in [0.05, 0.1) is 5.56 Å². The number of carbonyl (C=O) groups excluding carboxylic acids is 1. The van der Waals surface area contributed by atoms with Crippen LogP contribution >= 0.6 is 27.5 Å². The molecular formula is C11H10BrClF2O2. The maximum absolute atomic E-state index is 12.2. The molecule has 0 aliphatic heterocycles. The minimum atomic E-state index is -2.96. The predicted octanol–water partition coefficient (Wildman–Crippen LogP) is 3.99. The minimum absolute atomic E-state index is 0.0921. The molecule has 0 saturated carbocycles. The molecule has 1 aromatic carbocycles. The van der Waals surface area contributed by atoms with Crippen molar-refractivity contribution in [3.05, 3.63) is 29.3 Å². The number of Topliss-reactive ketones (excluding diaryl/α,β-unsaturated/α-hetero) is 1. The molecule has 1 aromatic rings. The van der Waals surface area contributed by atoms with Gasteiger partial charge < -0.3 is 4.74 Å². The smallest absolute Gasteiger partial charge is 0.387 e. The van der Waals surface area contributed by atoms with Crippen molar-refractivity contribution >= 4 is 33.3 Å². The third-order valence-corrected chi connectivity index (χ3v) is 2.87. The Kier molecular flexibility index (Phi) is 5.85. The second-order valence-corrected chi connectivity index (χ2v) is 4.14. The molecule has 0 aliphatic carbocycles. The van der Waals surface area contributed by atoms with E-state index in [0.29, 0.717) is 5.33 Å². The molecule has 0 bridgehead atoms. The van der Waals surface area contributed by atoms with Crippen LogP contribution in [0.2, 0.25) is 0 Å². The molecule has 0 fully saturated rings. The Morgan fingerprint density at radius 2 is 2.18 bits per heavy atom. The fourth-order valence-corrected chi connectivity index (χ4v) is 1.81. The highest BCUT2D eigenvalue weighted by molar-refractivity contribution is 9.08. The Bertz CT molecular complexity index is 399. The van der Waals surface area contributed by atoms with Crippen LogP contribution in [-0.2, 0) is 5.33 Å². The van der Waals surface area contributed by atoms with Gasteiger partial charge in [-0.15, -0.1) is 11.6 Å². The summed E-state index contributed by atoms with van der Waals surface area (Å²) < 4.78 is 28.8. The Morgan fingerprint density at radius 1 is 1.47 bits per heavy atom. The van der Waals surface area contributed by atoms with Gasteiger partial charge >= 0.3 is 6.61 Å². The molecule has 0 radical (unpaired) electrons. The molecule has 94 valence electrons. The highest BCUT2D eigenvalue weighted by Crippen LogP contribution is 2.25. The Morgan fingerprint density at radius 3 is 2.71 bits per heavy atom. The third kappa shape index (κ3) is 4.24. The van der Waals surface area contributed by atoms with Crippen molar-refractivity contribution in [1.29, 1.82) is 0 Å². The zero-order valence-corrected chi connectivity index (χ0v) is 11.1. The molecule has 0 N–H and O–H groups in total. The summed E-state index contributed by atoms with van der Waals surface area (Å²) in [5, 5.41) is 0.497. The first kappa shape index (κ1) is 14.4. The van der Waals surface area contributed by atoms with E-state index in [1.807, 2.05) is 0 Å². The van der Waals surface area contributed by atoms with Gasteiger partial charge in [0, 0.05) is 17.6 Å². The summed E-state index contributed by atoms with van der Waals surface area (Å²) in [4.78, 5) is 11.6. The normalized spacial score (nSPS) is 10.6. The lowest BCUT2D eigenvalue weighted by Gasteiger charge is -2.10. The number of rotatable bonds is 6. The predicted molar refractivity (Wildman–Crippen MR) is 65.4 cm³/mol. The standard InChI is InChI=1S/C11H10BrClF2O2/c12-6-7-1-2-8(9(16)3-4-13)10(5-7)17-11(14)15/h1-2,5,11H,3-4,6H2. The van der Waals surface area contributed by atoms with E-state index in [4.69, 9.17) is 11.6 Å². The SMILES string of the molecule is O=C(CCCl)c1ccc(CBr)cc1OC(F)F. The van der Waals surface area contributed by atoms with Crippen LogP contribution in [0.5, 0.6) is 5.75 Å². The van der Waals surface area contributed by atoms with Gasteiger partial charge in [0.15, 0.2) is 5.78 Å². The van der Waals surface area contributed by atoms with Crippen molar-refractivity contribution < 1.29 is 18.3 Å². The molecule has 0 amide bonds. The van der Waals surface area contributed by atoms with Crippen LogP contribution in [0.15, 0.2) is 18.2 Å². The molecule has 0 unspecified atom stereocenters. The van der Waals surface area contributed by atoms with E-state index >= 15 is 0 Å². The van der Waals surface area contributed by atoms with E-state index in [-0.39, 0.29) is 29.4 Å². The van der Waals surface area contributed by atoms with Gasteiger partial charge in [0.1, 0.15) is 5.75 Å². The van der Waals surface area contributed by atoms with Crippen molar-refractivity contribution in [2.75, 3.05) is 5.88 Å². The van der Waals surface area contributed by atoms with Gasteiger partial charge in [-0.2, -0.15) is 8.78 Å². The highest BCUT2D eigenvalue weighted by Gasteiger charge is 2.15. The van der Waals surface area contributed by atoms with Crippen molar-refractivity contribution in [3.8, 4) is 5.75 Å². The number of carbonyl (C=O) groups is 1. The molecule has 1 rings (SSSR count). The van der Waals surface area contributed by atoms with E-state index in [0.717, 1.165) is 5.56 Å². The van der Waals surface area contributed by atoms with Crippen molar-refractivity contribution in [3.63, 3.8) is 0 Å². The fraction of sp³-hybridized carbons (Fsp3) is 0.364. The summed E-state index contributed by atoms with van der Waals surface area (Å²) in [7, 11) is 0. The second kappa shape index (κ2) is 6.91. The first-order valence-corrected chi connectivity index (χ1v) is 6.47. The zero-order valence-electron chi connectivity index (χ0n) is 8.76. The van der Waals surface area contributed by atoms with Crippen LogP contribution in [0.4, 0.5) is 8.78 Å². The monoisotopic (exact) mass is 326 g/mol. The summed E-state index contributed by atoms with van der Waals surface area (Å²) in [5.41, 5.74) is 0.888. The molecule has 0 aromatic heterocycles. The quantitative estimate of drug-likeness (QED) is 0.583. The van der Waals surface area contributed by atoms with Crippen LogP contribution in [0.3, 0.4) is 0 Å². The molecule has 17 heavy (non-hydrogen) atoms. The average molecular weight is 328 g/mol. The molecule has 2 nitrogen and oxygen atoms in total. The van der Waals surface area contributed by atoms with Gasteiger partial charge in [-0.05, 0) is 17.7 Å². The molecule has 0 saturated heterocycles. The van der Waals surface area contributed by atoms with Crippen molar-refractivity contribution in [1.82, 2.24) is 0 Å². The Labute approximate surface area is 111 Å². The van der Waals surface area contributed by atoms with Crippen LogP contribution in [0.25, 0.3) is 0 Å². The molecule has 6 heteroatoms. The summed E-state index contributed by atoms with van der Waals surface area (Å²) in [6.07, 6.45) is 0.0921. The van der Waals surface area contributed by atoms with E-state index in [9.17, 15) is 13.6 Å². The molecular weight excluding hydrogens is 317 g/mol. The van der Waals surface area contributed by atoms with Gasteiger partial charge in [0.25, 0.3) is 0 Å². The first-order valence-electron chi connectivity index (χ1n) is 4.81. The van der Waals surface area contributed by atoms with E-state index in [2.05, 4.69) is 20.7 Å². The fourth-order valence-electron chi connectivity index (χ4n) is 1.29. The molecule has 0 aliphatic rings. The summed E-state index contributed by atoms with van der Waals surface area (Å²) in [6.45, 7) is -2.96. The minimum Gasteiger partial charge on any atom is -0.434 e. The number of hydrogen-bond acceptors (Lipinski definition) is 2. The molecule has 0 atom stereocenters. The number of alkyl halides is 4. The third-order valence-electron chi connectivity index (χ3n) is 2.04. The zero-order chi connectivity index (χ0) is 12.8. The van der Waals surface area contributed by atoms with Crippen LogP contribution < -0.4 is 4.74 Å². The van der Waals surface area contributed by atoms with Gasteiger partial charge in [-0.3, -0.25) is 4.79 Å². The number of halogens is 4. The number of ether oxygens (including phenoxy) is 1. The highest BCUT2D eigenvalue weighted by atomic mass is 79.9. The van der Waals surface area contributed by atoms with Crippen molar-refractivity contribution in [2.45, 2.75) is 18.4 Å². The number of hydrogen-bond donors (Lipinski definition) is 0. The van der Waals surface area contributed by atoms with E-state index < -0.39 is 6.61 Å². The van der Waals surface area contributed by atoms with Crippen LogP contribution in [0, 0.1) is 0 Å². The van der Waals surface area contributed by atoms with Gasteiger partial charge in [-0.25, -0.2) is 0 Å². The Hall–Kier alpha value is -0.680. The van der Waals surface area contributed by atoms with Crippen molar-refractivity contribution in [2.24, 2.45) is 0 Å². The molecule has 0 spiro atoms. The second-order valence-electron chi connectivity index (χ2n) is 3.20. The summed E-state index contributed by atoms with van der Waals surface area (Å²) in [6, 6.07) is 4.57. The lowest BCUT2D eigenvalue weighted by Crippen LogP contribution is -2.09. The van der Waals surface area contributed by atoms with E-state index in [1.165, 1.54) is 12.1 Å². The van der Waals surface area contributed by atoms with Gasteiger partial charge in [0.2, 0.25) is 0 Å². The average Bonchev–Trinajstić information content (AvgIpc) is 2.28. The van der Waals surface area contributed by atoms with Crippen LogP contribution in [-0.4, -0.2) is 18.3 Å². The lowest BCUT2D eigenvalue weighted by molar-refractivity contribution is -0.0501. The molecule has 0 heterocycles. The Balaban J connectivity index is 3.05. The van der Waals surface area contributed by atoms with Crippen LogP contribution in [0.1, 0.15) is 22.3 Å². The number of ketones is 1. The largest absolute Gasteiger partial charge is 0.434 e. The lowest BCUT2D eigenvalue weighted by atomic mass is 10.1. The first-order chi connectivity index (χ1) is 8.08. The van der Waals surface area contributed by atoms with E-state index in [1.54, 1.807) is 6.07 Å². The summed E-state index contributed by atoms with van der Waals surface area (Å²) in [5.74, 6) is -0.267.